The zero-order valence-electron chi connectivity index (χ0n) is 13.5. The van der Waals surface area contributed by atoms with Gasteiger partial charge in [0.05, 0.1) is 15.5 Å². The number of carbonyl (C=O) groups excluding carboxylic acids is 1. The number of ether oxygens (including phenoxy) is 2. The van der Waals surface area contributed by atoms with E-state index in [9.17, 15) is 32.9 Å². The summed E-state index contributed by atoms with van der Waals surface area (Å²) < 4.78 is 47.7. The zero-order valence-corrected chi connectivity index (χ0v) is 14.3. The predicted molar refractivity (Wildman–Crippen MR) is 94.7 cm³/mol. The summed E-state index contributed by atoms with van der Waals surface area (Å²) in [7, 11) is 0. The second kappa shape index (κ2) is 9.92. The number of nitrogens with zero attached hydrogens (tertiary/aromatic N) is 1. The van der Waals surface area contributed by atoms with Crippen molar-refractivity contribution in [3.8, 4) is 11.5 Å². The molecule has 0 heterocycles. The molecule has 0 aromatic heterocycles. The van der Waals surface area contributed by atoms with Gasteiger partial charge in [-0.25, -0.2) is 9.59 Å². The Morgan fingerprint density at radius 3 is 2.34 bits per heavy atom. The first-order valence-corrected chi connectivity index (χ1v) is 7.59. The van der Waals surface area contributed by atoms with Crippen LogP contribution in [0.15, 0.2) is 36.4 Å². The number of hydrogen-bond acceptors (Lipinski definition) is 6. The number of halogens is 4. The molecule has 150 valence electrons. The van der Waals surface area contributed by atoms with Crippen LogP contribution in [0.3, 0.4) is 0 Å². The van der Waals surface area contributed by atoms with Gasteiger partial charge >= 0.3 is 47.7 Å². The Bertz CT molecular complexity index is 953. The minimum absolute atomic E-state index is 0. The van der Waals surface area contributed by atoms with Gasteiger partial charge in [0.15, 0.2) is 6.61 Å². The fourth-order valence-corrected chi connectivity index (χ4v) is 2.21. The van der Waals surface area contributed by atoms with Crippen molar-refractivity contribution >= 4 is 58.8 Å². The standard InChI is InChI=1S/C16H9ClF3NO7.Na.H/c17-11-5-8(16(18,19)20)1-4-13(11)28-9-2-3-12(21(25)26)10(6-9)15(24)27-7-14(22)23;;/h1-6H,7H2,(H,22,23);;. The van der Waals surface area contributed by atoms with E-state index in [0.717, 1.165) is 24.3 Å². The molecule has 0 aliphatic carbocycles. The van der Waals surface area contributed by atoms with Crippen molar-refractivity contribution < 1.29 is 42.3 Å². The van der Waals surface area contributed by atoms with E-state index in [1.54, 1.807) is 0 Å². The zero-order chi connectivity index (χ0) is 21.1. The van der Waals surface area contributed by atoms with Gasteiger partial charge in [0.2, 0.25) is 0 Å². The van der Waals surface area contributed by atoms with Gasteiger partial charge in [-0.1, -0.05) is 11.6 Å². The number of esters is 1. The summed E-state index contributed by atoms with van der Waals surface area (Å²) in [6, 6.07) is 5.15. The van der Waals surface area contributed by atoms with Crippen LogP contribution in [-0.2, 0) is 15.7 Å². The maximum absolute atomic E-state index is 12.7. The average Bonchev–Trinajstić information content (AvgIpc) is 2.60. The molecule has 8 nitrogen and oxygen atoms in total. The van der Waals surface area contributed by atoms with Crippen LogP contribution in [0, 0.1) is 10.1 Å². The van der Waals surface area contributed by atoms with Crippen LogP contribution in [-0.4, -0.2) is 58.1 Å². The molecule has 0 spiro atoms. The molecular weight excluding hydrogens is 434 g/mol. The van der Waals surface area contributed by atoms with E-state index in [4.69, 9.17) is 21.4 Å². The molecular formula is C16H10ClF3NNaO7. The van der Waals surface area contributed by atoms with Gasteiger partial charge in [-0.15, -0.1) is 0 Å². The number of alkyl halides is 3. The molecule has 0 aliphatic rings. The van der Waals surface area contributed by atoms with Crippen LogP contribution < -0.4 is 4.74 Å². The van der Waals surface area contributed by atoms with Gasteiger partial charge in [-0.3, -0.25) is 10.1 Å². The number of carboxylic acids is 1. The Labute approximate surface area is 187 Å². The number of nitro groups is 1. The van der Waals surface area contributed by atoms with Crippen molar-refractivity contribution in [1.82, 2.24) is 0 Å². The van der Waals surface area contributed by atoms with Gasteiger partial charge in [0.25, 0.3) is 5.69 Å². The van der Waals surface area contributed by atoms with Crippen LogP contribution in [0.4, 0.5) is 18.9 Å². The second-order valence-electron chi connectivity index (χ2n) is 5.15. The fourth-order valence-electron chi connectivity index (χ4n) is 1.99. The minimum atomic E-state index is -4.61. The van der Waals surface area contributed by atoms with E-state index < -0.39 is 46.5 Å². The fraction of sp³-hybridized carbons (Fsp3) is 0.125. The van der Waals surface area contributed by atoms with Gasteiger partial charge in [-0.2, -0.15) is 13.2 Å². The number of benzene rings is 2. The molecule has 0 bridgehead atoms. The van der Waals surface area contributed by atoms with E-state index in [-0.39, 0.29) is 46.1 Å². The van der Waals surface area contributed by atoms with E-state index in [2.05, 4.69) is 4.74 Å². The molecule has 2 aromatic carbocycles. The summed E-state index contributed by atoms with van der Waals surface area (Å²) in [5.41, 5.74) is -2.29. The molecule has 2 rings (SSSR count). The monoisotopic (exact) mass is 443 g/mol. The van der Waals surface area contributed by atoms with Crippen molar-refractivity contribution in [3.05, 3.63) is 62.7 Å². The maximum atomic E-state index is 12.7. The van der Waals surface area contributed by atoms with Crippen LogP contribution in [0.5, 0.6) is 11.5 Å². The van der Waals surface area contributed by atoms with Crippen molar-refractivity contribution in [2.45, 2.75) is 6.18 Å². The number of aliphatic carboxylic acids is 1. The molecule has 1 N–H and O–H groups in total. The predicted octanol–water partition coefficient (Wildman–Crippen LogP) is 3.65. The van der Waals surface area contributed by atoms with Crippen LogP contribution in [0.2, 0.25) is 5.02 Å². The van der Waals surface area contributed by atoms with Crippen molar-refractivity contribution in [1.29, 1.82) is 0 Å². The molecule has 0 fully saturated rings. The van der Waals surface area contributed by atoms with E-state index in [1.165, 1.54) is 0 Å². The van der Waals surface area contributed by atoms with Gasteiger partial charge in [0.1, 0.15) is 17.1 Å². The first-order chi connectivity index (χ1) is 13.0. The molecule has 0 amide bonds. The Kier molecular flexibility index (Phi) is 8.45. The molecule has 2 aromatic rings. The molecule has 0 atom stereocenters. The molecule has 0 saturated heterocycles. The molecule has 0 aliphatic heterocycles. The quantitative estimate of drug-likeness (QED) is 0.313. The van der Waals surface area contributed by atoms with E-state index in [1.807, 2.05) is 0 Å². The number of hydrogen-bond donors (Lipinski definition) is 1. The summed E-state index contributed by atoms with van der Waals surface area (Å²) in [5.74, 6) is -3.14. The number of carbonyl (C=O) groups is 2. The summed E-state index contributed by atoms with van der Waals surface area (Å²) in [6.07, 6.45) is -4.61. The first-order valence-electron chi connectivity index (χ1n) is 7.21. The third kappa shape index (κ3) is 6.60. The van der Waals surface area contributed by atoms with E-state index >= 15 is 0 Å². The molecule has 13 heteroatoms. The number of rotatable bonds is 6. The Hall–Kier alpha value is -2.34. The molecule has 0 unspecified atom stereocenters. The topological polar surface area (TPSA) is 116 Å². The van der Waals surface area contributed by atoms with Gasteiger partial charge in [-0.05, 0) is 24.3 Å². The molecule has 0 saturated carbocycles. The first kappa shape index (κ1) is 24.7. The average molecular weight is 444 g/mol. The third-order valence-corrected chi connectivity index (χ3v) is 3.49. The van der Waals surface area contributed by atoms with Crippen molar-refractivity contribution in [3.63, 3.8) is 0 Å². The van der Waals surface area contributed by atoms with Crippen LogP contribution in [0.1, 0.15) is 15.9 Å². The summed E-state index contributed by atoms with van der Waals surface area (Å²) >= 11 is 5.76. The SMILES string of the molecule is O=C(O)COC(=O)c1cc(Oc2ccc(C(F)(F)F)cc2Cl)ccc1[N+](=O)[O-].[NaH]. The normalized spacial score (nSPS) is 10.6. The van der Waals surface area contributed by atoms with Crippen LogP contribution in [0.25, 0.3) is 0 Å². The number of carboxylic acid groups (broad SMARTS) is 1. The Morgan fingerprint density at radius 2 is 1.83 bits per heavy atom. The Morgan fingerprint density at radius 1 is 1.17 bits per heavy atom. The molecule has 29 heavy (non-hydrogen) atoms. The third-order valence-electron chi connectivity index (χ3n) is 3.20. The second-order valence-corrected chi connectivity index (χ2v) is 5.56. The van der Waals surface area contributed by atoms with Crippen molar-refractivity contribution in [2.75, 3.05) is 6.61 Å². The Balaban J connectivity index is 0.00000420. The number of nitro benzene ring substituents is 1. The molecule has 0 radical (unpaired) electrons. The van der Waals surface area contributed by atoms with E-state index in [0.29, 0.717) is 12.1 Å². The van der Waals surface area contributed by atoms with Crippen LogP contribution >= 0.6 is 11.6 Å². The van der Waals surface area contributed by atoms with Gasteiger partial charge < -0.3 is 14.6 Å². The van der Waals surface area contributed by atoms with Gasteiger partial charge in [0, 0.05) is 12.1 Å². The summed E-state index contributed by atoms with van der Waals surface area (Å²) in [4.78, 5) is 32.5. The van der Waals surface area contributed by atoms with Crippen molar-refractivity contribution in [2.24, 2.45) is 0 Å². The summed E-state index contributed by atoms with van der Waals surface area (Å²) in [6.45, 7) is -1.02. The summed E-state index contributed by atoms with van der Waals surface area (Å²) in [5, 5.41) is 19.2.